The van der Waals surface area contributed by atoms with Crippen LogP contribution in [0.3, 0.4) is 0 Å². The first-order valence-electron chi connectivity index (χ1n) is 14.9. The minimum Gasteiger partial charge on any atom is -0.399 e. The molecule has 230 valence electrons. The van der Waals surface area contributed by atoms with Crippen LogP contribution in [-0.2, 0) is 11.0 Å². The first-order valence-corrected chi connectivity index (χ1v) is 17.2. The van der Waals surface area contributed by atoms with E-state index in [4.69, 9.17) is 21.3 Å². The van der Waals surface area contributed by atoms with E-state index in [9.17, 15) is 4.79 Å². The van der Waals surface area contributed by atoms with Crippen molar-refractivity contribution in [2.24, 2.45) is 0 Å². The molecule has 1 amide bonds. The predicted octanol–water partition coefficient (Wildman–Crippen LogP) is 6.25. The Bertz CT molecular complexity index is 1770. The van der Waals surface area contributed by atoms with Crippen molar-refractivity contribution < 1.29 is 9.22 Å². The number of hydrogen-bond donors (Lipinski definition) is 2. The SMILES string of the molecule is CC(Cn1ccc(-c2ccc(C#N)c(Cl)c2)n1)NC(=O)c1cc([C@@H](C)O[Si](c2ccccc2)(c2ccccc2)C(C)(C)C)[nH]n1. The third-order valence-electron chi connectivity index (χ3n) is 7.90. The van der Waals surface area contributed by atoms with Crippen molar-refractivity contribution in [3.8, 4) is 17.3 Å². The van der Waals surface area contributed by atoms with Crippen molar-refractivity contribution in [1.82, 2.24) is 25.3 Å². The number of rotatable bonds is 10. The second kappa shape index (κ2) is 13.2. The molecular formula is C35H37ClN6O2Si. The zero-order valence-corrected chi connectivity index (χ0v) is 27.8. The summed E-state index contributed by atoms with van der Waals surface area (Å²) in [6.45, 7) is 11.1. The predicted molar refractivity (Wildman–Crippen MR) is 180 cm³/mol. The van der Waals surface area contributed by atoms with Crippen LogP contribution >= 0.6 is 11.6 Å². The lowest BCUT2D eigenvalue weighted by molar-refractivity contribution is 0.0931. The van der Waals surface area contributed by atoms with Crippen LogP contribution in [0.15, 0.2) is 97.2 Å². The van der Waals surface area contributed by atoms with Crippen LogP contribution in [0.1, 0.15) is 62.5 Å². The highest BCUT2D eigenvalue weighted by Crippen LogP contribution is 2.39. The van der Waals surface area contributed by atoms with E-state index < -0.39 is 8.32 Å². The number of halogens is 1. The summed E-state index contributed by atoms with van der Waals surface area (Å²) in [4.78, 5) is 13.2. The van der Waals surface area contributed by atoms with Gasteiger partial charge in [0, 0.05) is 17.8 Å². The number of nitrogens with one attached hydrogen (secondary N) is 2. The minimum absolute atomic E-state index is 0.182. The molecule has 0 aliphatic rings. The average molecular weight is 637 g/mol. The fourth-order valence-electron chi connectivity index (χ4n) is 5.69. The van der Waals surface area contributed by atoms with Gasteiger partial charge in [-0.15, -0.1) is 0 Å². The van der Waals surface area contributed by atoms with Crippen molar-refractivity contribution in [2.75, 3.05) is 0 Å². The lowest BCUT2D eigenvalue weighted by Crippen LogP contribution is -2.66. The number of carbonyl (C=O) groups excluding carboxylic acids is 1. The Hall–Kier alpha value is -4.49. The fourth-order valence-corrected chi connectivity index (χ4v) is 10.6. The summed E-state index contributed by atoms with van der Waals surface area (Å²) in [6, 6.07) is 31.6. The molecule has 2 aromatic heterocycles. The molecule has 3 aromatic carbocycles. The quantitative estimate of drug-likeness (QED) is 0.176. The Kier molecular flexibility index (Phi) is 9.39. The maximum Gasteiger partial charge on any atom is 0.272 e. The first-order chi connectivity index (χ1) is 21.5. The normalized spacial score (nSPS) is 13.2. The summed E-state index contributed by atoms with van der Waals surface area (Å²) < 4.78 is 8.94. The Morgan fingerprint density at radius 1 is 1.02 bits per heavy atom. The van der Waals surface area contributed by atoms with Crippen LogP contribution in [0.2, 0.25) is 10.1 Å². The van der Waals surface area contributed by atoms with E-state index in [1.807, 2.05) is 44.3 Å². The number of hydrogen-bond acceptors (Lipinski definition) is 5. The van der Waals surface area contributed by atoms with Gasteiger partial charge in [-0.25, -0.2) is 0 Å². The van der Waals surface area contributed by atoms with Gasteiger partial charge in [0.05, 0.1) is 34.6 Å². The molecule has 1 unspecified atom stereocenters. The molecule has 2 heterocycles. The Labute approximate surface area is 270 Å². The Balaban J connectivity index is 1.29. The van der Waals surface area contributed by atoms with Crippen LogP contribution in [-0.4, -0.2) is 40.2 Å². The zero-order valence-electron chi connectivity index (χ0n) is 26.1. The monoisotopic (exact) mass is 636 g/mol. The molecule has 45 heavy (non-hydrogen) atoms. The number of nitrogens with zero attached hydrogens (tertiary/aromatic N) is 4. The molecule has 5 rings (SSSR count). The van der Waals surface area contributed by atoms with Gasteiger partial charge in [0.1, 0.15) is 11.8 Å². The van der Waals surface area contributed by atoms with Crippen molar-refractivity contribution in [1.29, 1.82) is 5.26 Å². The molecule has 0 saturated heterocycles. The number of carbonyl (C=O) groups is 1. The van der Waals surface area contributed by atoms with Gasteiger partial charge in [0.15, 0.2) is 0 Å². The Morgan fingerprint density at radius 2 is 1.67 bits per heavy atom. The van der Waals surface area contributed by atoms with Gasteiger partial charge in [0.2, 0.25) is 0 Å². The minimum atomic E-state index is -2.79. The van der Waals surface area contributed by atoms with E-state index in [0.29, 0.717) is 22.8 Å². The molecule has 2 atom stereocenters. The van der Waals surface area contributed by atoms with Gasteiger partial charge in [-0.2, -0.15) is 15.5 Å². The molecule has 0 radical (unpaired) electrons. The number of benzene rings is 3. The highest BCUT2D eigenvalue weighted by molar-refractivity contribution is 6.99. The standard InChI is InChI=1S/C35H37ClN6O2Si/c1-24(23-42-19-18-31(41-42)26-16-17-27(22-37)30(36)20-26)38-34(43)33-21-32(39-40-33)25(2)44-45(35(3,4)5,28-12-8-6-9-13-28)29-14-10-7-11-15-29/h6-21,24-25H,23H2,1-5H3,(H,38,43)(H,39,40)/t24?,25-/m1/s1. The van der Waals surface area contributed by atoms with E-state index in [-0.39, 0.29) is 23.1 Å². The first kappa shape index (κ1) is 31.9. The number of amides is 1. The molecule has 0 spiro atoms. The molecule has 10 heteroatoms. The van der Waals surface area contributed by atoms with Crippen molar-refractivity contribution in [3.05, 3.63) is 119 Å². The van der Waals surface area contributed by atoms with E-state index in [1.165, 1.54) is 10.4 Å². The number of nitriles is 1. The van der Waals surface area contributed by atoms with Gasteiger partial charge >= 0.3 is 0 Å². The average Bonchev–Trinajstić information content (AvgIpc) is 3.71. The maximum atomic E-state index is 13.2. The van der Waals surface area contributed by atoms with Crippen LogP contribution in [0, 0.1) is 11.3 Å². The number of H-pyrrole nitrogens is 1. The van der Waals surface area contributed by atoms with Crippen LogP contribution < -0.4 is 15.7 Å². The fraction of sp³-hybridized carbons (Fsp3) is 0.257. The van der Waals surface area contributed by atoms with Crippen LogP contribution in [0.25, 0.3) is 11.3 Å². The summed E-state index contributed by atoms with van der Waals surface area (Å²) in [7, 11) is -2.79. The molecule has 0 aliphatic heterocycles. The molecule has 0 bridgehead atoms. The second-order valence-corrected chi connectivity index (χ2v) is 16.9. The molecule has 8 nitrogen and oxygen atoms in total. The molecule has 2 N–H and O–H groups in total. The van der Waals surface area contributed by atoms with Gasteiger partial charge in [-0.3, -0.25) is 14.6 Å². The van der Waals surface area contributed by atoms with Crippen molar-refractivity contribution in [3.63, 3.8) is 0 Å². The molecular weight excluding hydrogens is 600 g/mol. The highest BCUT2D eigenvalue weighted by Gasteiger charge is 2.51. The highest BCUT2D eigenvalue weighted by atomic mass is 35.5. The molecule has 5 aromatic rings. The van der Waals surface area contributed by atoms with E-state index >= 15 is 0 Å². The summed E-state index contributed by atoms with van der Waals surface area (Å²) in [6.07, 6.45) is 1.50. The van der Waals surface area contributed by atoms with E-state index in [2.05, 4.69) is 96.0 Å². The molecule has 0 saturated carbocycles. The maximum absolute atomic E-state index is 13.2. The summed E-state index contributed by atoms with van der Waals surface area (Å²) >= 11 is 6.20. The van der Waals surface area contributed by atoms with Gasteiger partial charge < -0.3 is 9.74 Å². The van der Waals surface area contributed by atoms with E-state index in [1.54, 1.807) is 22.9 Å². The summed E-state index contributed by atoms with van der Waals surface area (Å²) in [5.74, 6) is -0.283. The van der Waals surface area contributed by atoms with Gasteiger partial charge in [-0.05, 0) is 53.5 Å². The van der Waals surface area contributed by atoms with Crippen LogP contribution in [0.5, 0.6) is 0 Å². The largest absolute Gasteiger partial charge is 0.399 e. The third kappa shape index (κ3) is 6.78. The summed E-state index contributed by atoms with van der Waals surface area (Å²) in [5, 5.41) is 26.7. The second-order valence-electron chi connectivity index (χ2n) is 12.2. The smallest absolute Gasteiger partial charge is 0.272 e. The summed E-state index contributed by atoms with van der Waals surface area (Å²) in [5.41, 5.74) is 2.99. The van der Waals surface area contributed by atoms with Crippen molar-refractivity contribution >= 4 is 36.2 Å². The van der Waals surface area contributed by atoms with Gasteiger partial charge in [0.25, 0.3) is 14.2 Å². The van der Waals surface area contributed by atoms with Crippen molar-refractivity contribution in [2.45, 2.75) is 58.3 Å². The molecule has 0 aliphatic carbocycles. The van der Waals surface area contributed by atoms with E-state index in [0.717, 1.165) is 17.0 Å². The number of aromatic nitrogens is 4. The Morgan fingerprint density at radius 3 is 2.24 bits per heavy atom. The molecule has 0 fully saturated rings. The third-order valence-corrected chi connectivity index (χ3v) is 13.3. The number of aromatic amines is 1. The lowest BCUT2D eigenvalue weighted by Gasteiger charge is -2.44. The zero-order chi connectivity index (χ0) is 32.2. The topological polar surface area (TPSA) is 109 Å². The van der Waals surface area contributed by atoms with Crippen LogP contribution in [0.4, 0.5) is 0 Å². The van der Waals surface area contributed by atoms with Gasteiger partial charge in [-0.1, -0.05) is 99.1 Å². The lowest BCUT2D eigenvalue weighted by atomic mass is 10.1.